The van der Waals surface area contributed by atoms with Gasteiger partial charge in [0.1, 0.15) is 6.04 Å². The normalized spacial score (nSPS) is 25.4. The van der Waals surface area contributed by atoms with Crippen molar-refractivity contribution < 1.29 is 27.9 Å². The molecule has 0 aliphatic carbocycles. The maximum atomic E-state index is 12.2. The molecule has 122 valence electrons. The van der Waals surface area contributed by atoms with Crippen molar-refractivity contribution in [2.24, 2.45) is 5.73 Å². The highest BCUT2D eigenvalue weighted by Crippen LogP contribution is 2.14. The summed E-state index contributed by atoms with van der Waals surface area (Å²) in [6.07, 6.45) is -0.965. The molecule has 3 atom stereocenters. The summed E-state index contributed by atoms with van der Waals surface area (Å²) in [6.45, 7) is 3.75. The van der Waals surface area contributed by atoms with Crippen LogP contribution in [0.1, 0.15) is 26.7 Å². The van der Waals surface area contributed by atoms with E-state index in [9.17, 15) is 18.0 Å². The molecule has 0 radical (unpaired) electrons. The second-order valence-electron chi connectivity index (χ2n) is 5.09. The number of nitrogens with zero attached hydrogens (tertiary/aromatic N) is 1. The second-order valence-corrected chi connectivity index (χ2v) is 6.80. The molecule has 4 N–H and O–H groups in total. The molecule has 0 saturated carbocycles. The fourth-order valence-electron chi connectivity index (χ4n) is 2.10. The van der Waals surface area contributed by atoms with Gasteiger partial charge in [-0.2, -0.15) is 17.4 Å². The number of carbonyl (C=O) groups is 2. The molecular formula is C11H21N3O6S. The van der Waals surface area contributed by atoms with Crippen molar-refractivity contribution in [3.05, 3.63) is 0 Å². The summed E-state index contributed by atoms with van der Waals surface area (Å²) < 4.78 is 33.1. The van der Waals surface area contributed by atoms with Crippen LogP contribution in [0.25, 0.3) is 0 Å². The molecule has 0 bridgehead atoms. The van der Waals surface area contributed by atoms with Gasteiger partial charge in [0.05, 0.1) is 12.2 Å². The van der Waals surface area contributed by atoms with Crippen LogP contribution in [0.5, 0.6) is 0 Å². The minimum atomic E-state index is -3.97. The molecule has 1 aliphatic heterocycles. The average Bonchev–Trinajstić information content (AvgIpc) is 2.32. The van der Waals surface area contributed by atoms with Crippen LogP contribution in [-0.2, 0) is 24.5 Å². The van der Waals surface area contributed by atoms with Gasteiger partial charge in [0, 0.05) is 19.5 Å². The number of hydrogen-bond acceptors (Lipinski definition) is 5. The molecular weight excluding hydrogens is 302 g/mol. The Hall–Kier alpha value is -1.23. The molecule has 1 heterocycles. The van der Waals surface area contributed by atoms with Crippen molar-refractivity contribution in [2.75, 3.05) is 13.1 Å². The number of hydrogen-bond donors (Lipinski definition) is 3. The van der Waals surface area contributed by atoms with Crippen LogP contribution in [0.2, 0.25) is 0 Å². The van der Waals surface area contributed by atoms with Crippen molar-refractivity contribution in [2.45, 2.75) is 44.9 Å². The zero-order chi connectivity index (χ0) is 16.2. The van der Waals surface area contributed by atoms with Crippen LogP contribution in [0, 0.1) is 0 Å². The van der Waals surface area contributed by atoms with Crippen LogP contribution in [0.4, 0.5) is 0 Å². The maximum absolute atomic E-state index is 12.2. The molecule has 1 amide bonds. The lowest BCUT2D eigenvalue weighted by Crippen LogP contribution is -2.55. The van der Waals surface area contributed by atoms with Gasteiger partial charge in [-0.25, -0.2) is 0 Å². The van der Waals surface area contributed by atoms with Gasteiger partial charge < -0.3 is 15.6 Å². The Labute approximate surface area is 123 Å². The summed E-state index contributed by atoms with van der Waals surface area (Å²) in [4.78, 5) is 21.8. The fraction of sp³-hybridized carbons (Fsp3) is 0.818. The molecule has 0 aromatic heterocycles. The highest BCUT2D eigenvalue weighted by atomic mass is 32.2. The molecule has 0 spiro atoms. The third-order valence-corrected chi connectivity index (χ3v) is 4.56. The Balaban J connectivity index is 2.76. The lowest BCUT2D eigenvalue weighted by atomic mass is 10.2. The second kappa shape index (κ2) is 7.16. The van der Waals surface area contributed by atoms with E-state index in [0.717, 1.165) is 4.31 Å². The summed E-state index contributed by atoms with van der Waals surface area (Å²) in [5.74, 6) is -2.04. The van der Waals surface area contributed by atoms with E-state index in [0.29, 0.717) is 0 Å². The first-order chi connectivity index (χ1) is 9.61. The van der Waals surface area contributed by atoms with E-state index in [-0.39, 0.29) is 38.1 Å². The van der Waals surface area contributed by atoms with Crippen LogP contribution >= 0.6 is 0 Å². The van der Waals surface area contributed by atoms with Crippen LogP contribution in [0.3, 0.4) is 0 Å². The summed E-state index contributed by atoms with van der Waals surface area (Å²) >= 11 is 0. The molecule has 0 aromatic rings. The third kappa shape index (κ3) is 5.58. The predicted octanol–water partition coefficient (Wildman–Crippen LogP) is -1.35. The first kappa shape index (κ1) is 17.8. The van der Waals surface area contributed by atoms with Gasteiger partial charge in [-0.05, 0) is 20.3 Å². The minimum absolute atomic E-state index is 0.141. The maximum Gasteiger partial charge on any atom is 0.321 e. The standard InChI is InChI=1S/C11H21N3O6S/c1-7-5-14(6-8(2)20-7)21(18,19)13-9(11(16)17)3-4-10(12)15/h7-9,13H,3-6H2,1-2H3,(H2,12,15)(H,16,17)/t7?,8?,9-/m0/s1. The smallest absolute Gasteiger partial charge is 0.321 e. The van der Waals surface area contributed by atoms with Gasteiger partial charge in [-0.3, -0.25) is 9.59 Å². The zero-order valence-electron chi connectivity index (χ0n) is 12.0. The SMILES string of the molecule is CC1CN(S(=O)(=O)N[C@@H](CCC(N)=O)C(=O)O)CC(C)O1. The first-order valence-electron chi connectivity index (χ1n) is 6.55. The lowest BCUT2D eigenvalue weighted by molar-refractivity contribution is -0.139. The monoisotopic (exact) mass is 323 g/mol. The van der Waals surface area contributed by atoms with Crippen molar-refractivity contribution in [3.8, 4) is 0 Å². The van der Waals surface area contributed by atoms with Gasteiger partial charge in [0.25, 0.3) is 10.2 Å². The molecule has 1 fully saturated rings. The van der Waals surface area contributed by atoms with Crippen LogP contribution in [0.15, 0.2) is 0 Å². The topological polar surface area (TPSA) is 139 Å². The number of amides is 1. The van der Waals surface area contributed by atoms with Crippen molar-refractivity contribution in [1.82, 2.24) is 9.03 Å². The lowest BCUT2D eigenvalue weighted by Gasteiger charge is -2.34. The van der Waals surface area contributed by atoms with Gasteiger partial charge >= 0.3 is 5.97 Å². The Kier molecular flexibility index (Phi) is 6.08. The summed E-state index contributed by atoms with van der Waals surface area (Å²) in [5, 5.41) is 9.03. The number of rotatable bonds is 7. The number of aliphatic carboxylic acids is 1. The molecule has 9 nitrogen and oxygen atoms in total. The van der Waals surface area contributed by atoms with E-state index in [2.05, 4.69) is 4.72 Å². The predicted molar refractivity (Wildman–Crippen MR) is 73.5 cm³/mol. The van der Waals surface area contributed by atoms with Crippen molar-refractivity contribution in [3.63, 3.8) is 0 Å². The van der Waals surface area contributed by atoms with E-state index < -0.39 is 28.1 Å². The fourth-order valence-corrected chi connectivity index (χ4v) is 3.64. The van der Waals surface area contributed by atoms with Gasteiger partial charge in [-0.15, -0.1) is 0 Å². The molecule has 0 aromatic carbocycles. The van der Waals surface area contributed by atoms with Crippen molar-refractivity contribution >= 4 is 22.1 Å². The van der Waals surface area contributed by atoms with E-state index in [1.807, 2.05) is 0 Å². The Morgan fingerprint density at radius 2 is 1.90 bits per heavy atom. The van der Waals surface area contributed by atoms with Crippen molar-refractivity contribution in [1.29, 1.82) is 0 Å². The summed E-state index contributed by atoms with van der Waals surface area (Å²) in [5.41, 5.74) is 4.95. The number of nitrogens with two attached hydrogens (primary N) is 1. The molecule has 1 rings (SSSR count). The number of ether oxygens (including phenoxy) is 1. The summed E-state index contributed by atoms with van der Waals surface area (Å²) in [6, 6.07) is -1.39. The van der Waals surface area contributed by atoms with E-state index in [1.165, 1.54) is 0 Å². The minimum Gasteiger partial charge on any atom is -0.480 e. The quantitative estimate of drug-likeness (QED) is 0.529. The number of carboxylic acid groups (broad SMARTS) is 1. The van der Waals surface area contributed by atoms with Crippen LogP contribution < -0.4 is 10.5 Å². The number of nitrogens with one attached hydrogen (secondary N) is 1. The Morgan fingerprint density at radius 3 is 2.33 bits per heavy atom. The van der Waals surface area contributed by atoms with E-state index in [4.69, 9.17) is 15.6 Å². The molecule has 1 aliphatic rings. The average molecular weight is 323 g/mol. The number of carboxylic acids is 1. The highest BCUT2D eigenvalue weighted by Gasteiger charge is 2.34. The third-order valence-electron chi connectivity index (χ3n) is 2.99. The number of carbonyl (C=O) groups excluding carboxylic acids is 1. The van der Waals surface area contributed by atoms with Gasteiger partial charge in [-0.1, -0.05) is 0 Å². The van der Waals surface area contributed by atoms with E-state index in [1.54, 1.807) is 13.8 Å². The first-order valence-corrected chi connectivity index (χ1v) is 7.99. The van der Waals surface area contributed by atoms with E-state index >= 15 is 0 Å². The Bertz CT molecular complexity index is 484. The Morgan fingerprint density at radius 1 is 1.38 bits per heavy atom. The van der Waals surface area contributed by atoms with Gasteiger partial charge in [0.2, 0.25) is 5.91 Å². The number of morpholine rings is 1. The largest absolute Gasteiger partial charge is 0.480 e. The number of primary amides is 1. The van der Waals surface area contributed by atoms with Gasteiger partial charge in [0.15, 0.2) is 0 Å². The summed E-state index contributed by atoms with van der Waals surface area (Å²) in [7, 11) is -3.97. The molecule has 10 heteroatoms. The molecule has 1 saturated heterocycles. The molecule has 21 heavy (non-hydrogen) atoms. The highest BCUT2D eigenvalue weighted by molar-refractivity contribution is 7.87. The van der Waals surface area contributed by atoms with Crippen LogP contribution in [-0.4, -0.2) is 61.0 Å². The zero-order valence-corrected chi connectivity index (χ0v) is 12.8. The molecule has 2 unspecified atom stereocenters.